The van der Waals surface area contributed by atoms with Crippen LogP contribution in [0.3, 0.4) is 0 Å². The van der Waals surface area contributed by atoms with Crippen LogP contribution in [0.25, 0.3) is 0 Å². The number of benzene rings is 1. The van der Waals surface area contributed by atoms with E-state index in [0.29, 0.717) is 5.56 Å². The van der Waals surface area contributed by atoms with E-state index >= 15 is 0 Å². The van der Waals surface area contributed by atoms with Crippen molar-refractivity contribution in [2.24, 2.45) is 11.8 Å². The van der Waals surface area contributed by atoms with Crippen molar-refractivity contribution in [3.63, 3.8) is 0 Å². The predicted octanol–water partition coefficient (Wildman–Crippen LogP) is 2.92. The van der Waals surface area contributed by atoms with Crippen LogP contribution in [-0.2, 0) is 4.74 Å². The molecule has 2 atom stereocenters. The lowest BCUT2D eigenvalue weighted by atomic mass is 9.79. The minimum Gasteiger partial charge on any atom is -0.369 e. The van der Waals surface area contributed by atoms with Crippen molar-refractivity contribution in [3.8, 4) is 0 Å². The second-order valence-corrected chi connectivity index (χ2v) is 6.44. The van der Waals surface area contributed by atoms with Crippen LogP contribution in [-0.4, -0.2) is 11.2 Å². The highest BCUT2D eigenvalue weighted by Gasteiger charge is 2.49. The molecule has 0 aliphatic carbocycles. The Morgan fingerprint density at radius 3 is 2.42 bits per heavy atom. The highest BCUT2D eigenvalue weighted by atomic mass is 19.1. The van der Waals surface area contributed by atoms with Crippen molar-refractivity contribution >= 4 is 0 Å². The van der Waals surface area contributed by atoms with Gasteiger partial charge in [0.2, 0.25) is 0 Å². The van der Waals surface area contributed by atoms with E-state index < -0.39 is 0 Å². The monoisotopic (exact) mass is 266 g/mol. The Morgan fingerprint density at radius 2 is 1.95 bits per heavy atom. The minimum absolute atomic E-state index is 0.115. The summed E-state index contributed by atoms with van der Waals surface area (Å²) in [5, 5.41) is 0. The van der Waals surface area contributed by atoms with Crippen molar-refractivity contribution in [1.29, 1.82) is 0 Å². The van der Waals surface area contributed by atoms with E-state index in [9.17, 15) is 4.39 Å². The smallest absolute Gasteiger partial charge is 0.128 e. The van der Waals surface area contributed by atoms with Crippen LogP contribution in [0.2, 0.25) is 0 Å². The van der Waals surface area contributed by atoms with E-state index in [2.05, 4.69) is 19.3 Å². The zero-order valence-electron chi connectivity index (χ0n) is 12.0. The molecule has 1 aliphatic rings. The van der Waals surface area contributed by atoms with Crippen LogP contribution in [0.5, 0.6) is 0 Å². The van der Waals surface area contributed by atoms with Crippen molar-refractivity contribution in [3.05, 3.63) is 35.6 Å². The number of nitrogens with two attached hydrogens (primary N) is 1. The third-order valence-electron chi connectivity index (χ3n) is 3.97. The lowest BCUT2D eigenvalue weighted by Gasteiger charge is -2.33. The topological polar surface area (TPSA) is 47.3 Å². The summed E-state index contributed by atoms with van der Waals surface area (Å²) in [5.41, 5.74) is 2.82. The Morgan fingerprint density at radius 1 is 1.32 bits per heavy atom. The Labute approximate surface area is 114 Å². The van der Waals surface area contributed by atoms with Gasteiger partial charge in [-0.15, -0.1) is 0 Å². The first-order chi connectivity index (χ1) is 8.77. The summed E-state index contributed by atoms with van der Waals surface area (Å²) in [6.07, 6.45) is 0.837. The number of halogens is 1. The van der Waals surface area contributed by atoms with Crippen molar-refractivity contribution < 1.29 is 9.13 Å². The number of ether oxygens (including phenoxy) is 1. The summed E-state index contributed by atoms with van der Waals surface area (Å²) in [4.78, 5) is 0. The lowest BCUT2D eigenvalue weighted by Crippen LogP contribution is -2.41. The average molecular weight is 266 g/mol. The molecule has 0 bridgehead atoms. The molecule has 0 aromatic heterocycles. The highest BCUT2D eigenvalue weighted by molar-refractivity contribution is 5.23. The summed E-state index contributed by atoms with van der Waals surface area (Å²) in [7, 11) is 0. The van der Waals surface area contributed by atoms with Crippen LogP contribution in [0.1, 0.15) is 45.7 Å². The largest absolute Gasteiger partial charge is 0.369 e. The summed E-state index contributed by atoms with van der Waals surface area (Å²) >= 11 is 0. The SMILES string of the molecule is CC1(C)CC(C(NN)c2ccccc2F)C(C)(C)O1. The highest BCUT2D eigenvalue weighted by Crippen LogP contribution is 2.47. The molecule has 0 saturated carbocycles. The zero-order chi connectivity index (χ0) is 14.3. The van der Waals surface area contributed by atoms with E-state index in [4.69, 9.17) is 10.6 Å². The molecule has 1 aliphatic heterocycles. The normalized spacial score (nSPS) is 26.3. The first-order valence-electron chi connectivity index (χ1n) is 6.67. The van der Waals surface area contributed by atoms with Gasteiger partial charge in [0.05, 0.1) is 17.2 Å². The number of hydrogen-bond acceptors (Lipinski definition) is 3. The van der Waals surface area contributed by atoms with E-state index in [1.54, 1.807) is 12.1 Å². The number of rotatable bonds is 3. The zero-order valence-corrected chi connectivity index (χ0v) is 12.0. The molecule has 3 N–H and O–H groups in total. The van der Waals surface area contributed by atoms with E-state index in [0.717, 1.165) is 6.42 Å². The fraction of sp³-hybridized carbons (Fsp3) is 0.600. The van der Waals surface area contributed by atoms with Gasteiger partial charge in [0.1, 0.15) is 5.82 Å². The van der Waals surface area contributed by atoms with E-state index in [1.165, 1.54) is 6.07 Å². The quantitative estimate of drug-likeness (QED) is 0.653. The Balaban J connectivity index is 2.36. The minimum atomic E-state index is -0.344. The maximum Gasteiger partial charge on any atom is 0.128 e. The van der Waals surface area contributed by atoms with Gasteiger partial charge in [-0.05, 0) is 40.2 Å². The molecule has 1 saturated heterocycles. The van der Waals surface area contributed by atoms with Gasteiger partial charge in [0.15, 0.2) is 0 Å². The molecule has 2 rings (SSSR count). The fourth-order valence-corrected chi connectivity index (χ4v) is 3.27. The Kier molecular flexibility index (Phi) is 3.69. The first-order valence-corrected chi connectivity index (χ1v) is 6.67. The number of nitrogens with one attached hydrogen (secondary N) is 1. The molecular formula is C15H23FN2O. The van der Waals surface area contributed by atoms with Gasteiger partial charge < -0.3 is 4.74 Å². The summed E-state index contributed by atoms with van der Waals surface area (Å²) in [6, 6.07) is 6.51. The maximum absolute atomic E-state index is 14.0. The summed E-state index contributed by atoms with van der Waals surface area (Å²) < 4.78 is 20.1. The number of hydrogen-bond donors (Lipinski definition) is 2. The summed E-state index contributed by atoms with van der Waals surface area (Å²) in [6.45, 7) is 8.20. The molecule has 1 aromatic carbocycles. The maximum atomic E-state index is 14.0. The molecule has 1 aromatic rings. The van der Waals surface area contributed by atoms with E-state index in [-0.39, 0.29) is 29.0 Å². The molecule has 0 spiro atoms. The molecular weight excluding hydrogens is 243 g/mol. The van der Waals surface area contributed by atoms with Crippen LogP contribution in [0.15, 0.2) is 24.3 Å². The van der Waals surface area contributed by atoms with Crippen molar-refractivity contribution in [1.82, 2.24) is 5.43 Å². The second kappa shape index (κ2) is 4.85. The molecule has 0 radical (unpaired) electrons. The van der Waals surface area contributed by atoms with Crippen molar-refractivity contribution in [2.45, 2.75) is 51.4 Å². The van der Waals surface area contributed by atoms with Gasteiger partial charge in [-0.3, -0.25) is 11.3 Å². The van der Waals surface area contributed by atoms with Crippen LogP contribution in [0.4, 0.5) is 4.39 Å². The van der Waals surface area contributed by atoms with Gasteiger partial charge in [0, 0.05) is 11.5 Å². The number of hydrazine groups is 1. The summed E-state index contributed by atoms with van der Waals surface area (Å²) in [5.74, 6) is 5.58. The van der Waals surface area contributed by atoms with Gasteiger partial charge in [0.25, 0.3) is 0 Å². The third-order valence-corrected chi connectivity index (χ3v) is 3.97. The fourth-order valence-electron chi connectivity index (χ4n) is 3.27. The van der Waals surface area contributed by atoms with Gasteiger partial charge in [-0.2, -0.15) is 0 Å². The standard InChI is InChI=1S/C15H23FN2O/c1-14(2)9-11(15(3,4)19-14)13(18-17)10-7-5-6-8-12(10)16/h5-8,11,13,18H,9,17H2,1-4H3. The van der Waals surface area contributed by atoms with Gasteiger partial charge in [-0.1, -0.05) is 18.2 Å². The van der Waals surface area contributed by atoms with Crippen molar-refractivity contribution in [2.75, 3.05) is 0 Å². The second-order valence-electron chi connectivity index (χ2n) is 6.44. The Bertz CT molecular complexity index is 459. The first kappa shape index (κ1) is 14.4. The lowest BCUT2D eigenvalue weighted by molar-refractivity contribution is -0.0779. The molecule has 4 heteroatoms. The molecule has 3 nitrogen and oxygen atoms in total. The van der Waals surface area contributed by atoms with Crippen LogP contribution >= 0.6 is 0 Å². The molecule has 0 amide bonds. The molecule has 1 heterocycles. The van der Waals surface area contributed by atoms with Gasteiger partial charge in [-0.25, -0.2) is 4.39 Å². The van der Waals surface area contributed by atoms with Crippen LogP contribution < -0.4 is 11.3 Å². The molecule has 19 heavy (non-hydrogen) atoms. The average Bonchev–Trinajstić information content (AvgIpc) is 2.51. The third kappa shape index (κ3) is 2.81. The molecule has 1 fully saturated rings. The molecule has 106 valence electrons. The predicted molar refractivity (Wildman–Crippen MR) is 73.8 cm³/mol. The molecule has 2 unspecified atom stereocenters. The van der Waals surface area contributed by atoms with E-state index in [1.807, 2.05) is 19.9 Å². The van der Waals surface area contributed by atoms with Gasteiger partial charge >= 0.3 is 0 Å². The van der Waals surface area contributed by atoms with Crippen LogP contribution in [0, 0.1) is 11.7 Å². The Hall–Kier alpha value is -0.970.